The molecule has 0 radical (unpaired) electrons. The Morgan fingerprint density at radius 3 is 1.06 bits per heavy atom. The molecule has 4 saturated carbocycles. The maximum Gasteiger partial charge on any atom is 0.204 e. The number of hydrogen-bond donors (Lipinski definition) is 0. The second-order valence-corrected chi connectivity index (χ2v) is 23.6. The Labute approximate surface area is 328 Å². The SMILES string of the molecule is COc1c(OC)c(P(C2CCCCC2)C2CCCCC2)c(-c2ccc(C(C)C)c(C(C)C)c2C(C)C)c(P(C2CCCCC2)C2CCCCC2)c1OC. The molecule has 53 heavy (non-hydrogen) atoms. The van der Waals surface area contributed by atoms with Crippen LogP contribution in [0.2, 0.25) is 0 Å². The summed E-state index contributed by atoms with van der Waals surface area (Å²) in [7, 11) is 4.77. The molecular formula is C48H76O3P2. The summed E-state index contributed by atoms with van der Waals surface area (Å²) in [5.74, 6) is 4.28. The Bertz CT molecular complexity index is 1370. The van der Waals surface area contributed by atoms with Crippen LogP contribution in [-0.2, 0) is 0 Å². The van der Waals surface area contributed by atoms with Crippen LogP contribution in [0, 0.1) is 0 Å². The first-order valence-corrected chi connectivity index (χ1v) is 25.3. The minimum absolute atomic E-state index is 0.409. The zero-order valence-corrected chi connectivity index (χ0v) is 37.2. The van der Waals surface area contributed by atoms with Gasteiger partial charge in [0.1, 0.15) is 0 Å². The predicted molar refractivity (Wildman–Crippen MR) is 234 cm³/mol. The first-order valence-electron chi connectivity index (χ1n) is 22.3. The summed E-state index contributed by atoms with van der Waals surface area (Å²) in [6, 6.07) is 5.15. The van der Waals surface area contributed by atoms with Gasteiger partial charge < -0.3 is 14.2 Å². The number of benzene rings is 2. The van der Waals surface area contributed by atoms with Crippen LogP contribution in [0.5, 0.6) is 17.2 Å². The summed E-state index contributed by atoms with van der Waals surface area (Å²) in [6.45, 7) is 14.6. The molecule has 296 valence electrons. The summed E-state index contributed by atoms with van der Waals surface area (Å²) in [4.78, 5) is 0. The lowest BCUT2D eigenvalue weighted by Gasteiger charge is -2.44. The fourth-order valence-corrected chi connectivity index (χ4v) is 19.6. The Morgan fingerprint density at radius 1 is 0.434 bits per heavy atom. The Morgan fingerprint density at radius 2 is 0.774 bits per heavy atom. The van der Waals surface area contributed by atoms with Gasteiger partial charge in [-0.2, -0.15) is 0 Å². The third-order valence-electron chi connectivity index (χ3n) is 13.7. The minimum Gasteiger partial charge on any atom is -0.492 e. The highest BCUT2D eigenvalue weighted by atomic mass is 31.1. The molecule has 0 unspecified atom stereocenters. The average molecular weight is 763 g/mol. The van der Waals surface area contributed by atoms with E-state index < -0.39 is 15.8 Å². The normalized spacial score (nSPS) is 20.3. The lowest BCUT2D eigenvalue weighted by molar-refractivity contribution is 0.327. The average Bonchev–Trinajstić information content (AvgIpc) is 3.18. The second-order valence-electron chi connectivity index (χ2n) is 18.1. The van der Waals surface area contributed by atoms with E-state index in [1.165, 1.54) is 140 Å². The van der Waals surface area contributed by atoms with Crippen LogP contribution in [0.25, 0.3) is 11.1 Å². The highest BCUT2D eigenvalue weighted by Gasteiger charge is 2.44. The molecule has 0 heterocycles. The molecular weight excluding hydrogens is 686 g/mol. The van der Waals surface area contributed by atoms with Gasteiger partial charge >= 0.3 is 0 Å². The molecule has 2 aromatic carbocycles. The molecule has 0 atom stereocenters. The van der Waals surface area contributed by atoms with Crippen LogP contribution in [0.15, 0.2) is 12.1 Å². The summed E-state index contributed by atoms with van der Waals surface area (Å²) in [5.41, 5.74) is 10.8. The number of rotatable bonds is 13. The van der Waals surface area contributed by atoms with E-state index in [-0.39, 0.29) is 0 Å². The molecule has 2 aromatic rings. The third kappa shape index (κ3) is 8.68. The van der Waals surface area contributed by atoms with Gasteiger partial charge in [0.05, 0.1) is 21.3 Å². The summed E-state index contributed by atoms with van der Waals surface area (Å²) < 4.78 is 20.3. The quantitative estimate of drug-likeness (QED) is 0.190. The van der Waals surface area contributed by atoms with E-state index in [0.717, 1.165) is 39.9 Å². The molecule has 6 rings (SSSR count). The third-order valence-corrected chi connectivity index (χ3v) is 20.8. The molecule has 0 amide bonds. The van der Waals surface area contributed by atoms with Gasteiger partial charge in [0.15, 0.2) is 11.5 Å². The lowest BCUT2D eigenvalue weighted by Crippen LogP contribution is -2.34. The lowest BCUT2D eigenvalue weighted by atomic mass is 9.79. The zero-order chi connectivity index (χ0) is 37.6. The minimum atomic E-state index is -0.505. The highest BCUT2D eigenvalue weighted by Crippen LogP contribution is 2.64. The van der Waals surface area contributed by atoms with Crippen LogP contribution in [0.4, 0.5) is 0 Å². The maximum atomic E-state index is 6.82. The van der Waals surface area contributed by atoms with Crippen molar-refractivity contribution in [2.24, 2.45) is 0 Å². The van der Waals surface area contributed by atoms with Crippen LogP contribution < -0.4 is 24.8 Å². The van der Waals surface area contributed by atoms with Crippen molar-refractivity contribution in [1.82, 2.24) is 0 Å². The number of ether oxygens (including phenoxy) is 3. The first kappa shape index (κ1) is 41.3. The van der Waals surface area contributed by atoms with Gasteiger partial charge in [0.25, 0.3) is 0 Å². The first-order chi connectivity index (χ1) is 25.7. The molecule has 4 aliphatic rings. The van der Waals surface area contributed by atoms with Crippen molar-refractivity contribution in [3.8, 4) is 28.4 Å². The van der Waals surface area contributed by atoms with Gasteiger partial charge in [-0.1, -0.05) is 147 Å². The van der Waals surface area contributed by atoms with Gasteiger partial charge in [0, 0.05) is 16.2 Å². The highest BCUT2D eigenvalue weighted by molar-refractivity contribution is 7.69. The van der Waals surface area contributed by atoms with Crippen molar-refractivity contribution in [2.45, 2.75) is 210 Å². The maximum absolute atomic E-state index is 6.82. The van der Waals surface area contributed by atoms with E-state index in [2.05, 4.69) is 53.7 Å². The molecule has 0 spiro atoms. The Hall–Kier alpha value is -1.30. The van der Waals surface area contributed by atoms with Crippen molar-refractivity contribution < 1.29 is 14.2 Å². The standard InChI is InChI=1S/C48H76O3P2/c1-32(2)39-30-31-40(42(34(5)6)41(39)33(3)4)43-47(52(35-22-14-10-15-23-35)36-24-16-11-17-25-36)45(50-8)44(49-7)46(51-9)48(43)53(37-26-18-12-19-27-37)38-28-20-13-21-29-38/h30-38H,10-29H2,1-9H3. The molecule has 0 N–H and O–H groups in total. The van der Waals surface area contributed by atoms with Gasteiger partial charge in [-0.05, 0) is 114 Å². The van der Waals surface area contributed by atoms with Crippen LogP contribution in [0.1, 0.15) is 204 Å². The molecule has 0 aromatic heterocycles. The van der Waals surface area contributed by atoms with Gasteiger partial charge in [0.2, 0.25) is 5.75 Å². The van der Waals surface area contributed by atoms with Gasteiger partial charge in [-0.3, -0.25) is 0 Å². The van der Waals surface area contributed by atoms with Crippen molar-refractivity contribution in [1.29, 1.82) is 0 Å². The van der Waals surface area contributed by atoms with E-state index in [1.54, 1.807) is 27.3 Å². The van der Waals surface area contributed by atoms with E-state index in [0.29, 0.717) is 17.8 Å². The van der Waals surface area contributed by atoms with E-state index >= 15 is 0 Å². The summed E-state index contributed by atoms with van der Waals surface area (Å²) >= 11 is 0. The zero-order valence-electron chi connectivity index (χ0n) is 35.5. The molecule has 0 aliphatic heterocycles. The molecule has 4 aliphatic carbocycles. The van der Waals surface area contributed by atoms with E-state index in [4.69, 9.17) is 14.2 Å². The Balaban J connectivity index is 1.82. The van der Waals surface area contributed by atoms with Crippen molar-refractivity contribution in [2.75, 3.05) is 21.3 Å². The van der Waals surface area contributed by atoms with Crippen LogP contribution >= 0.6 is 15.8 Å². The predicted octanol–water partition coefficient (Wildman–Crippen LogP) is 14.3. The second kappa shape index (κ2) is 19.2. The molecule has 5 heteroatoms. The van der Waals surface area contributed by atoms with Crippen molar-refractivity contribution in [3.63, 3.8) is 0 Å². The number of methoxy groups -OCH3 is 3. The van der Waals surface area contributed by atoms with E-state index in [1.807, 2.05) is 21.3 Å². The molecule has 4 fully saturated rings. The largest absolute Gasteiger partial charge is 0.492 e. The topological polar surface area (TPSA) is 27.7 Å². The Kier molecular flexibility index (Phi) is 15.0. The molecule has 0 saturated heterocycles. The van der Waals surface area contributed by atoms with E-state index in [9.17, 15) is 0 Å². The van der Waals surface area contributed by atoms with Gasteiger partial charge in [-0.25, -0.2) is 0 Å². The van der Waals surface area contributed by atoms with Crippen LogP contribution in [0.3, 0.4) is 0 Å². The summed E-state index contributed by atoms with van der Waals surface area (Å²) in [6.07, 6.45) is 27.6. The van der Waals surface area contributed by atoms with Crippen LogP contribution in [-0.4, -0.2) is 44.0 Å². The fourth-order valence-electron chi connectivity index (χ4n) is 11.4. The monoisotopic (exact) mass is 763 g/mol. The molecule has 0 bridgehead atoms. The molecule has 3 nitrogen and oxygen atoms in total. The smallest absolute Gasteiger partial charge is 0.204 e. The van der Waals surface area contributed by atoms with Gasteiger partial charge in [-0.15, -0.1) is 0 Å². The van der Waals surface area contributed by atoms with Crippen molar-refractivity contribution >= 4 is 26.5 Å². The fraction of sp³-hybridized carbons (Fsp3) is 0.750. The summed E-state index contributed by atoms with van der Waals surface area (Å²) in [5, 5.41) is 3.17. The van der Waals surface area contributed by atoms with Crippen molar-refractivity contribution in [3.05, 3.63) is 28.8 Å². The number of hydrogen-bond acceptors (Lipinski definition) is 3.